The largest absolute Gasteiger partial charge is 0.459 e. The summed E-state index contributed by atoms with van der Waals surface area (Å²) in [6.07, 6.45) is 2.84. The zero-order valence-corrected chi connectivity index (χ0v) is 10.6. The molecule has 1 amide bonds. The molecular formula is C12H8Cl2N2O2. The van der Waals surface area contributed by atoms with Crippen LogP contribution in [0.1, 0.15) is 16.1 Å². The zero-order chi connectivity index (χ0) is 13.0. The molecule has 0 aliphatic carbocycles. The number of amides is 1. The van der Waals surface area contributed by atoms with Crippen LogP contribution in [0.4, 0.5) is 0 Å². The summed E-state index contributed by atoms with van der Waals surface area (Å²) in [6.45, 7) is 0. The number of benzene rings is 1. The molecule has 1 aromatic heterocycles. The van der Waals surface area contributed by atoms with E-state index in [1.807, 2.05) is 0 Å². The Morgan fingerprint density at radius 1 is 1.33 bits per heavy atom. The van der Waals surface area contributed by atoms with Crippen molar-refractivity contribution >= 4 is 35.3 Å². The Morgan fingerprint density at radius 2 is 2.17 bits per heavy atom. The van der Waals surface area contributed by atoms with Crippen LogP contribution in [0.5, 0.6) is 0 Å². The van der Waals surface area contributed by atoms with Gasteiger partial charge in [-0.25, -0.2) is 5.43 Å². The molecule has 1 N–H and O–H groups in total. The van der Waals surface area contributed by atoms with E-state index in [-0.39, 0.29) is 5.76 Å². The lowest BCUT2D eigenvalue weighted by molar-refractivity contribution is 0.0927. The Morgan fingerprint density at radius 3 is 2.83 bits per heavy atom. The molecular weight excluding hydrogens is 275 g/mol. The minimum atomic E-state index is -0.429. The van der Waals surface area contributed by atoms with Crippen LogP contribution >= 0.6 is 23.2 Å². The number of furan rings is 1. The standard InChI is InChI=1S/C12H8Cl2N2O2/c13-9-4-3-8(10(14)6-9)7-15-16-12(17)11-2-1-5-18-11/h1-7H,(H,16,17)/b15-7+. The normalized spacial score (nSPS) is 10.8. The highest BCUT2D eigenvalue weighted by Gasteiger charge is 2.06. The average molecular weight is 283 g/mol. The van der Waals surface area contributed by atoms with Crippen molar-refractivity contribution in [3.05, 3.63) is 58.0 Å². The number of halogens is 2. The number of hydrogen-bond donors (Lipinski definition) is 1. The maximum Gasteiger partial charge on any atom is 0.307 e. The van der Waals surface area contributed by atoms with Gasteiger partial charge >= 0.3 is 5.91 Å². The van der Waals surface area contributed by atoms with Crippen LogP contribution in [-0.4, -0.2) is 12.1 Å². The molecule has 2 rings (SSSR count). The summed E-state index contributed by atoms with van der Waals surface area (Å²) in [5.41, 5.74) is 2.97. The molecule has 0 radical (unpaired) electrons. The lowest BCUT2D eigenvalue weighted by Crippen LogP contribution is -2.16. The monoisotopic (exact) mass is 282 g/mol. The molecule has 0 aliphatic rings. The molecule has 0 saturated heterocycles. The Labute approximate surface area is 113 Å². The van der Waals surface area contributed by atoms with Gasteiger partial charge in [0.15, 0.2) is 5.76 Å². The van der Waals surface area contributed by atoms with Gasteiger partial charge in [0, 0.05) is 10.6 Å². The third kappa shape index (κ3) is 3.12. The molecule has 0 aliphatic heterocycles. The number of hydrogen-bond acceptors (Lipinski definition) is 3. The van der Waals surface area contributed by atoms with Gasteiger partial charge in [0.25, 0.3) is 0 Å². The van der Waals surface area contributed by atoms with Gasteiger partial charge < -0.3 is 4.42 Å². The lowest BCUT2D eigenvalue weighted by Gasteiger charge is -1.98. The molecule has 0 saturated carbocycles. The van der Waals surface area contributed by atoms with Crippen molar-refractivity contribution in [1.29, 1.82) is 0 Å². The Bertz CT molecular complexity index is 580. The van der Waals surface area contributed by atoms with E-state index in [1.165, 1.54) is 12.5 Å². The third-order valence-electron chi connectivity index (χ3n) is 2.08. The molecule has 2 aromatic rings. The van der Waals surface area contributed by atoms with E-state index in [1.54, 1.807) is 30.3 Å². The minimum Gasteiger partial charge on any atom is -0.459 e. The number of carbonyl (C=O) groups is 1. The predicted molar refractivity (Wildman–Crippen MR) is 70.2 cm³/mol. The van der Waals surface area contributed by atoms with E-state index in [2.05, 4.69) is 10.5 Å². The van der Waals surface area contributed by atoms with Crippen molar-refractivity contribution in [1.82, 2.24) is 5.43 Å². The molecule has 0 unspecified atom stereocenters. The van der Waals surface area contributed by atoms with E-state index >= 15 is 0 Å². The molecule has 0 spiro atoms. The fraction of sp³-hybridized carbons (Fsp3) is 0. The maximum atomic E-state index is 11.5. The quantitative estimate of drug-likeness (QED) is 0.693. The smallest absolute Gasteiger partial charge is 0.307 e. The van der Waals surface area contributed by atoms with Gasteiger partial charge in [0.1, 0.15) is 0 Å². The van der Waals surface area contributed by atoms with Gasteiger partial charge in [0.05, 0.1) is 17.5 Å². The molecule has 0 atom stereocenters. The van der Waals surface area contributed by atoms with Crippen molar-refractivity contribution in [2.75, 3.05) is 0 Å². The van der Waals surface area contributed by atoms with Gasteiger partial charge in [-0.2, -0.15) is 5.10 Å². The molecule has 18 heavy (non-hydrogen) atoms. The van der Waals surface area contributed by atoms with Crippen LogP contribution in [0.2, 0.25) is 10.0 Å². The summed E-state index contributed by atoms with van der Waals surface area (Å²) in [6, 6.07) is 8.14. The van der Waals surface area contributed by atoms with E-state index in [0.717, 1.165) is 0 Å². The van der Waals surface area contributed by atoms with Crippen LogP contribution in [-0.2, 0) is 0 Å². The van der Waals surface area contributed by atoms with Gasteiger partial charge in [-0.3, -0.25) is 4.79 Å². The first-order valence-corrected chi connectivity index (χ1v) is 5.74. The summed E-state index contributed by atoms with van der Waals surface area (Å²) >= 11 is 11.7. The van der Waals surface area contributed by atoms with Crippen molar-refractivity contribution in [2.24, 2.45) is 5.10 Å². The van der Waals surface area contributed by atoms with Gasteiger partial charge in [0.2, 0.25) is 0 Å². The second-order valence-corrected chi connectivity index (χ2v) is 4.19. The van der Waals surface area contributed by atoms with Gasteiger partial charge in [-0.1, -0.05) is 29.3 Å². The van der Waals surface area contributed by atoms with Crippen LogP contribution in [0.25, 0.3) is 0 Å². The van der Waals surface area contributed by atoms with Crippen molar-refractivity contribution in [3.63, 3.8) is 0 Å². The van der Waals surface area contributed by atoms with Crippen LogP contribution < -0.4 is 5.43 Å². The van der Waals surface area contributed by atoms with Crippen LogP contribution in [0, 0.1) is 0 Å². The number of nitrogens with one attached hydrogen (secondary N) is 1. The first kappa shape index (κ1) is 12.7. The second-order valence-electron chi connectivity index (χ2n) is 3.34. The molecule has 1 heterocycles. The van der Waals surface area contributed by atoms with E-state index < -0.39 is 5.91 Å². The fourth-order valence-corrected chi connectivity index (χ4v) is 1.69. The lowest BCUT2D eigenvalue weighted by atomic mass is 10.2. The predicted octanol–water partition coefficient (Wildman–Crippen LogP) is 3.35. The summed E-state index contributed by atoms with van der Waals surface area (Å²) < 4.78 is 4.91. The highest BCUT2D eigenvalue weighted by atomic mass is 35.5. The topological polar surface area (TPSA) is 54.6 Å². The van der Waals surface area contributed by atoms with Crippen molar-refractivity contribution < 1.29 is 9.21 Å². The zero-order valence-electron chi connectivity index (χ0n) is 9.06. The summed E-state index contributed by atoms with van der Waals surface area (Å²) in [5.74, 6) is -0.240. The number of hydrazone groups is 1. The Hall–Kier alpha value is -1.78. The van der Waals surface area contributed by atoms with E-state index in [4.69, 9.17) is 27.6 Å². The molecule has 0 fully saturated rings. The van der Waals surface area contributed by atoms with E-state index in [0.29, 0.717) is 15.6 Å². The summed E-state index contributed by atoms with van der Waals surface area (Å²) in [5, 5.41) is 4.77. The fourth-order valence-electron chi connectivity index (χ4n) is 1.23. The summed E-state index contributed by atoms with van der Waals surface area (Å²) in [4.78, 5) is 11.5. The molecule has 6 heteroatoms. The minimum absolute atomic E-state index is 0.189. The number of carbonyl (C=O) groups excluding carboxylic acids is 1. The average Bonchev–Trinajstić information content (AvgIpc) is 2.85. The highest BCUT2D eigenvalue weighted by Crippen LogP contribution is 2.19. The molecule has 0 bridgehead atoms. The van der Waals surface area contributed by atoms with Gasteiger partial charge in [-0.05, 0) is 24.3 Å². The van der Waals surface area contributed by atoms with Crippen LogP contribution in [0.15, 0.2) is 46.1 Å². The van der Waals surface area contributed by atoms with Crippen molar-refractivity contribution in [3.8, 4) is 0 Å². The first-order chi connectivity index (χ1) is 8.66. The third-order valence-corrected chi connectivity index (χ3v) is 2.64. The first-order valence-electron chi connectivity index (χ1n) is 4.99. The van der Waals surface area contributed by atoms with Crippen molar-refractivity contribution in [2.45, 2.75) is 0 Å². The SMILES string of the molecule is O=C(N/N=C/c1ccc(Cl)cc1Cl)c1ccco1. The Kier molecular flexibility index (Phi) is 4.02. The number of rotatable bonds is 3. The van der Waals surface area contributed by atoms with E-state index in [9.17, 15) is 4.79 Å². The Balaban J connectivity index is 2.01. The molecule has 4 nitrogen and oxygen atoms in total. The van der Waals surface area contributed by atoms with Crippen LogP contribution in [0.3, 0.4) is 0 Å². The molecule has 1 aromatic carbocycles. The summed E-state index contributed by atoms with van der Waals surface area (Å²) in [7, 11) is 0. The highest BCUT2D eigenvalue weighted by molar-refractivity contribution is 6.36. The maximum absolute atomic E-state index is 11.5. The molecule has 92 valence electrons. The second kappa shape index (κ2) is 5.71. The van der Waals surface area contributed by atoms with Gasteiger partial charge in [-0.15, -0.1) is 0 Å². The number of nitrogens with zero attached hydrogens (tertiary/aromatic N) is 1.